The highest BCUT2D eigenvalue weighted by Gasteiger charge is 2.22. The fourth-order valence-electron chi connectivity index (χ4n) is 3.09. The molecule has 0 aliphatic heterocycles. The number of ether oxygens (including phenoxy) is 1. The molecular formula is C24H26N4O4S2. The van der Waals surface area contributed by atoms with Crippen molar-refractivity contribution in [3.8, 4) is 11.8 Å². The van der Waals surface area contributed by atoms with Crippen LogP contribution in [0.25, 0.3) is 0 Å². The van der Waals surface area contributed by atoms with Crippen molar-refractivity contribution >= 4 is 38.1 Å². The summed E-state index contributed by atoms with van der Waals surface area (Å²) in [6, 6.07) is 16.9. The van der Waals surface area contributed by atoms with Crippen molar-refractivity contribution in [2.24, 2.45) is 5.92 Å². The predicted molar refractivity (Wildman–Crippen MR) is 133 cm³/mol. The lowest BCUT2D eigenvalue weighted by Gasteiger charge is -2.22. The van der Waals surface area contributed by atoms with Crippen LogP contribution in [0.3, 0.4) is 0 Å². The second-order valence-electron chi connectivity index (χ2n) is 8.20. The molecule has 1 amide bonds. The van der Waals surface area contributed by atoms with Gasteiger partial charge in [0.05, 0.1) is 31.0 Å². The molecule has 3 aromatic rings. The maximum absolute atomic E-state index is 12.4. The van der Waals surface area contributed by atoms with Crippen molar-refractivity contribution in [1.82, 2.24) is 9.71 Å². The van der Waals surface area contributed by atoms with E-state index in [1.165, 1.54) is 11.3 Å². The van der Waals surface area contributed by atoms with Gasteiger partial charge >= 0.3 is 0 Å². The first-order valence-corrected chi connectivity index (χ1v) is 13.3. The predicted octanol–water partition coefficient (Wildman–Crippen LogP) is 4.39. The van der Waals surface area contributed by atoms with E-state index in [-0.39, 0.29) is 5.69 Å². The van der Waals surface area contributed by atoms with Gasteiger partial charge in [0.1, 0.15) is 11.4 Å². The lowest BCUT2D eigenvalue weighted by atomic mass is 10.1. The molecule has 3 rings (SSSR count). The van der Waals surface area contributed by atoms with E-state index in [0.717, 1.165) is 23.3 Å². The second kappa shape index (κ2) is 10.7. The highest BCUT2D eigenvalue weighted by atomic mass is 32.2. The zero-order valence-electron chi connectivity index (χ0n) is 19.4. The maximum Gasteiger partial charge on any atom is 0.284 e. The van der Waals surface area contributed by atoms with E-state index in [1.807, 2.05) is 46.0 Å². The molecule has 10 heteroatoms. The van der Waals surface area contributed by atoms with Crippen molar-refractivity contribution in [3.05, 3.63) is 70.2 Å². The first-order valence-electron chi connectivity index (χ1n) is 10.5. The lowest BCUT2D eigenvalue weighted by Crippen LogP contribution is -2.30. The fourth-order valence-corrected chi connectivity index (χ4v) is 4.45. The number of aromatic nitrogens is 1. The van der Waals surface area contributed by atoms with Gasteiger partial charge in [-0.15, -0.1) is 11.3 Å². The van der Waals surface area contributed by atoms with Crippen molar-refractivity contribution in [2.75, 3.05) is 17.8 Å². The van der Waals surface area contributed by atoms with Crippen molar-refractivity contribution in [1.29, 1.82) is 5.26 Å². The molecule has 1 aromatic heterocycles. The SMILES string of the molecule is Cc1sc(N(Cc2cccc(OCC(C)C)c2)c2ccc(C#N)cc2)nc1C(=O)NS(C)(=O)=O. The summed E-state index contributed by atoms with van der Waals surface area (Å²) in [6.07, 6.45) is 0.922. The topological polar surface area (TPSA) is 112 Å². The van der Waals surface area contributed by atoms with Crippen LogP contribution < -0.4 is 14.4 Å². The quantitative estimate of drug-likeness (QED) is 0.466. The van der Waals surface area contributed by atoms with E-state index >= 15 is 0 Å². The summed E-state index contributed by atoms with van der Waals surface area (Å²) in [5.41, 5.74) is 2.31. The first kappa shape index (κ1) is 25.2. The van der Waals surface area contributed by atoms with E-state index in [4.69, 9.17) is 10.00 Å². The number of anilines is 2. The van der Waals surface area contributed by atoms with Crippen LogP contribution in [0.4, 0.5) is 10.8 Å². The largest absolute Gasteiger partial charge is 0.493 e. The first-order chi connectivity index (χ1) is 16.1. The summed E-state index contributed by atoms with van der Waals surface area (Å²) in [5.74, 6) is 0.384. The molecule has 0 unspecified atom stereocenters. The normalized spacial score (nSPS) is 11.2. The Morgan fingerprint density at radius 1 is 1.24 bits per heavy atom. The van der Waals surface area contributed by atoms with Gasteiger partial charge < -0.3 is 9.64 Å². The Bertz CT molecular complexity index is 1310. The van der Waals surface area contributed by atoms with E-state index in [1.54, 1.807) is 19.1 Å². The average Bonchev–Trinajstić information content (AvgIpc) is 3.17. The van der Waals surface area contributed by atoms with Crippen molar-refractivity contribution in [2.45, 2.75) is 27.3 Å². The summed E-state index contributed by atoms with van der Waals surface area (Å²) in [7, 11) is -3.72. The molecule has 1 N–H and O–H groups in total. The number of nitrogens with zero attached hydrogens (tertiary/aromatic N) is 3. The molecule has 0 aliphatic carbocycles. The molecule has 0 bridgehead atoms. The Morgan fingerprint density at radius 3 is 2.56 bits per heavy atom. The van der Waals surface area contributed by atoms with E-state index in [0.29, 0.717) is 34.6 Å². The third-order valence-corrected chi connectivity index (χ3v) is 6.19. The molecule has 0 atom stereocenters. The molecule has 34 heavy (non-hydrogen) atoms. The minimum atomic E-state index is -3.72. The van der Waals surface area contributed by atoms with Gasteiger partial charge in [0, 0.05) is 10.6 Å². The van der Waals surface area contributed by atoms with Crippen LogP contribution >= 0.6 is 11.3 Å². The molecule has 2 aromatic carbocycles. The van der Waals surface area contributed by atoms with Gasteiger partial charge in [-0.25, -0.2) is 18.1 Å². The number of nitrogens with one attached hydrogen (secondary N) is 1. The number of benzene rings is 2. The zero-order valence-corrected chi connectivity index (χ0v) is 21.0. The average molecular weight is 499 g/mol. The van der Waals surface area contributed by atoms with E-state index in [2.05, 4.69) is 24.9 Å². The highest BCUT2D eigenvalue weighted by molar-refractivity contribution is 7.89. The summed E-state index contributed by atoms with van der Waals surface area (Å²) < 4.78 is 30.8. The Morgan fingerprint density at radius 2 is 1.94 bits per heavy atom. The standard InChI is InChI=1S/C24H26N4O4S2/c1-16(2)15-32-21-7-5-6-19(12-21)14-28(20-10-8-18(13-25)9-11-20)24-26-22(17(3)33-24)23(29)27-34(4,30)31/h5-12,16H,14-15H2,1-4H3,(H,27,29). The van der Waals surface area contributed by atoms with Gasteiger partial charge in [0.25, 0.3) is 5.91 Å². The van der Waals surface area contributed by atoms with Gasteiger partial charge in [-0.1, -0.05) is 26.0 Å². The molecule has 0 spiro atoms. The van der Waals surface area contributed by atoms with Crippen LogP contribution in [0.15, 0.2) is 48.5 Å². The number of carbonyl (C=O) groups excluding carboxylic acids is 1. The fraction of sp³-hybridized carbons (Fsp3) is 0.292. The third kappa shape index (κ3) is 6.79. The minimum Gasteiger partial charge on any atom is -0.493 e. The van der Waals surface area contributed by atoms with Crippen molar-refractivity contribution in [3.63, 3.8) is 0 Å². The van der Waals surface area contributed by atoms with Gasteiger partial charge in [0.2, 0.25) is 10.0 Å². The number of hydrogen-bond donors (Lipinski definition) is 1. The van der Waals surface area contributed by atoms with Gasteiger partial charge in [-0.3, -0.25) is 4.79 Å². The molecule has 1 heterocycles. The van der Waals surface area contributed by atoms with Crippen LogP contribution in [-0.4, -0.2) is 32.2 Å². The maximum atomic E-state index is 12.4. The molecule has 0 fully saturated rings. The summed E-state index contributed by atoms with van der Waals surface area (Å²) >= 11 is 1.28. The van der Waals surface area contributed by atoms with Crippen molar-refractivity contribution < 1.29 is 17.9 Å². The third-order valence-electron chi connectivity index (χ3n) is 4.64. The van der Waals surface area contributed by atoms with E-state index in [9.17, 15) is 13.2 Å². The second-order valence-corrected chi connectivity index (χ2v) is 11.1. The minimum absolute atomic E-state index is 0.0538. The molecular weight excluding hydrogens is 472 g/mol. The number of sulfonamides is 1. The Kier molecular flexibility index (Phi) is 7.91. The lowest BCUT2D eigenvalue weighted by molar-refractivity contribution is 0.0977. The number of thiazole rings is 1. The molecule has 0 radical (unpaired) electrons. The summed E-state index contributed by atoms with van der Waals surface area (Å²) in [6.45, 7) is 6.91. The summed E-state index contributed by atoms with van der Waals surface area (Å²) in [4.78, 5) is 19.4. The number of amides is 1. The molecule has 0 aliphatic rings. The molecule has 178 valence electrons. The van der Waals surface area contributed by atoms with Crippen LogP contribution in [0, 0.1) is 24.2 Å². The number of rotatable bonds is 9. The van der Waals surface area contributed by atoms with Crippen LogP contribution in [0.1, 0.15) is 40.3 Å². The highest BCUT2D eigenvalue weighted by Crippen LogP contribution is 2.33. The van der Waals surface area contributed by atoms with Crippen LogP contribution in [0.2, 0.25) is 0 Å². The van der Waals surface area contributed by atoms with Crippen LogP contribution in [0.5, 0.6) is 5.75 Å². The van der Waals surface area contributed by atoms with Crippen LogP contribution in [-0.2, 0) is 16.6 Å². The van der Waals surface area contributed by atoms with Gasteiger partial charge in [-0.2, -0.15) is 5.26 Å². The zero-order chi connectivity index (χ0) is 24.9. The molecule has 8 nitrogen and oxygen atoms in total. The number of aryl methyl sites for hydroxylation is 1. The summed E-state index contributed by atoms with van der Waals surface area (Å²) in [5, 5.41) is 9.67. The number of hydrogen-bond acceptors (Lipinski definition) is 8. The monoisotopic (exact) mass is 498 g/mol. The van der Waals surface area contributed by atoms with Gasteiger partial charge in [-0.05, 0) is 54.8 Å². The molecule has 0 saturated carbocycles. The smallest absolute Gasteiger partial charge is 0.284 e. The Labute approximate surface area is 203 Å². The number of nitriles is 1. The Hall–Kier alpha value is -3.42. The number of carbonyl (C=O) groups is 1. The van der Waals surface area contributed by atoms with Gasteiger partial charge in [0.15, 0.2) is 5.13 Å². The molecule has 0 saturated heterocycles. The Balaban J connectivity index is 1.97. The van der Waals surface area contributed by atoms with E-state index < -0.39 is 15.9 Å².